The summed E-state index contributed by atoms with van der Waals surface area (Å²) in [6.45, 7) is 0. The van der Waals surface area contributed by atoms with Gasteiger partial charge in [0.2, 0.25) is 0 Å². The van der Waals surface area contributed by atoms with Gasteiger partial charge in [-0.05, 0) is 0 Å². The maximum atomic E-state index is 9.18. The fraction of sp³-hybridized carbons (Fsp3) is 0. The average molecular weight is 126 g/mol. The third-order valence-electron chi connectivity index (χ3n) is 0.144. The Morgan fingerprint density at radius 1 is 1.71 bits per heavy atom. The van der Waals surface area contributed by atoms with Crippen molar-refractivity contribution in [1.82, 2.24) is 0 Å². The van der Waals surface area contributed by atoms with E-state index in [0.29, 0.717) is 0 Å². The van der Waals surface area contributed by atoms with E-state index < -0.39 is 21.6 Å². The molecule has 0 radical (unpaired) electrons. The van der Waals surface area contributed by atoms with Gasteiger partial charge in [0.1, 0.15) is 0 Å². The van der Waals surface area contributed by atoms with Crippen LogP contribution < -0.4 is 34.7 Å². The second kappa shape index (κ2) is 6.60. The predicted octanol–water partition coefficient (Wildman–Crippen LogP) is -4.69. The van der Waals surface area contributed by atoms with E-state index in [2.05, 4.69) is 3.79 Å². The van der Waals surface area contributed by atoms with Gasteiger partial charge in [-0.25, -0.2) is 0 Å². The van der Waals surface area contributed by atoms with Gasteiger partial charge in [-0.2, -0.15) is 0 Å². The molecule has 0 N–H and O–H groups in total. The number of carbonyl (C=O) groups is 1. The van der Waals surface area contributed by atoms with Crippen LogP contribution in [-0.4, -0.2) is 21.6 Å². The van der Waals surface area contributed by atoms with Gasteiger partial charge in [0.15, 0.2) is 0 Å². The standard InChI is InChI=1S/CH2O3.Al.Na.O/c2-1(3)4;;;/h(H2,2,3,4);;;/q;2*+1;/p-2. The van der Waals surface area contributed by atoms with Gasteiger partial charge in [0, 0.05) is 0 Å². The molecule has 0 aliphatic carbocycles. The van der Waals surface area contributed by atoms with Crippen LogP contribution in [0.1, 0.15) is 0 Å². The Balaban J connectivity index is 0. The molecule has 0 saturated heterocycles. The van der Waals surface area contributed by atoms with Crippen LogP contribution in [0, 0.1) is 0 Å². The first-order valence-electron chi connectivity index (χ1n) is 1.08. The quantitative estimate of drug-likeness (QED) is 0.331. The van der Waals surface area contributed by atoms with Crippen molar-refractivity contribution in [3.05, 3.63) is 0 Å². The number of hydrogen-bond donors (Lipinski definition) is 0. The first-order chi connectivity index (χ1) is 2.77. The molecule has 0 aromatic heterocycles. The van der Waals surface area contributed by atoms with E-state index in [1.165, 1.54) is 0 Å². The van der Waals surface area contributed by atoms with Crippen LogP contribution in [0.25, 0.3) is 0 Å². The van der Waals surface area contributed by atoms with Gasteiger partial charge in [-0.1, -0.05) is 0 Å². The van der Waals surface area contributed by atoms with Gasteiger partial charge < -0.3 is 0 Å². The molecule has 0 aromatic carbocycles. The second-order valence-corrected chi connectivity index (χ2v) is 0.892. The molecule has 0 heterocycles. The summed E-state index contributed by atoms with van der Waals surface area (Å²) < 4.78 is 12.6. The molecule has 0 saturated carbocycles. The summed E-state index contributed by atoms with van der Waals surface area (Å²) in [6, 6.07) is 0. The van der Waals surface area contributed by atoms with Crippen LogP contribution in [0.3, 0.4) is 0 Å². The van der Waals surface area contributed by atoms with Crippen LogP contribution >= 0.6 is 0 Å². The Bertz CT molecular complexity index is 72.1. The number of rotatable bonds is 1. The topological polar surface area (TPSA) is 66.4 Å². The summed E-state index contributed by atoms with van der Waals surface area (Å²) in [5.74, 6) is 0. The van der Waals surface area contributed by atoms with Crippen molar-refractivity contribution in [1.29, 1.82) is 0 Å². The molecule has 0 unspecified atom stereocenters. The normalized spacial score (nSPS) is 5.14. The molecular formula is CAlNaO4. The SMILES string of the molecule is [Na+].[O]=[Al][O]C(=O)[O-]. The van der Waals surface area contributed by atoms with Gasteiger partial charge in [0.25, 0.3) is 0 Å². The number of hydrogen-bond acceptors (Lipinski definition) is 4. The summed E-state index contributed by atoms with van der Waals surface area (Å²) in [4.78, 5) is 9.09. The van der Waals surface area contributed by atoms with E-state index in [1.54, 1.807) is 0 Å². The molecule has 7 heavy (non-hydrogen) atoms. The minimum absolute atomic E-state index is 0. The van der Waals surface area contributed by atoms with Crippen molar-refractivity contribution in [2.24, 2.45) is 0 Å². The van der Waals surface area contributed by atoms with E-state index >= 15 is 0 Å². The maximum absolute atomic E-state index is 9.18. The van der Waals surface area contributed by atoms with E-state index in [-0.39, 0.29) is 29.6 Å². The van der Waals surface area contributed by atoms with Gasteiger partial charge in [-0.15, -0.1) is 0 Å². The summed E-state index contributed by atoms with van der Waals surface area (Å²) in [6.07, 6.45) is -1.74. The van der Waals surface area contributed by atoms with Crippen molar-refractivity contribution in [2.75, 3.05) is 0 Å². The summed E-state index contributed by atoms with van der Waals surface area (Å²) >= 11 is -1.66. The van der Waals surface area contributed by atoms with E-state index in [1.807, 2.05) is 0 Å². The molecule has 6 heteroatoms. The van der Waals surface area contributed by atoms with E-state index in [9.17, 15) is 3.80 Å². The molecule has 4 nitrogen and oxygen atoms in total. The molecule has 0 aliphatic rings. The van der Waals surface area contributed by atoms with E-state index in [0.717, 1.165) is 0 Å². The zero-order valence-corrected chi connectivity index (χ0v) is 6.87. The second-order valence-electron chi connectivity index (χ2n) is 0.464. The van der Waals surface area contributed by atoms with Crippen LogP contribution in [0.4, 0.5) is 4.79 Å². The summed E-state index contributed by atoms with van der Waals surface area (Å²) in [5.41, 5.74) is 0. The predicted molar refractivity (Wildman–Crippen MR) is 12.9 cm³/mol. The van der Waals surface area contributed by atoms with Crippen LogP contribution in [-0.2, 0) is 7.59 Å². The Hall–Kier alpha value is 0.602. The fourth-order valence-electron chi connectivity index (χ4n) is 0.0393. The molecular weight excluding hydrogens is 126 g/mol. The molecule has 0 spiro atoms. The molecule has 0 rings (SSSR count). The molecule has 0 aromatic rings. The Kier molecular flexibility index (Phi) is 9.96. The minimum atomic E-state index is -1.74. The average Bonchev–Trinajstić information content (AvgIpc) is 1.35. The van der Waals surface area contributed by atoms with Crippen molar-refractivity contribution in [3.63, 3.8) is 0 Å². The number of carboxylic acid groups (broad SMARTS) is 1. The van der Waals surface area contributed by atoms with Crippen LogP contribution in [0.15, 0.2) is 0 Å². The molecule has 0 fully saturated rings. The summed E-state index contributed by atoms with van der Waals surface area (Å²) in [5, 5.41) is 9.09. The van der Waals surface area contributed by atoms with Crippen molar-refractivity contribution in [3.8, 4) is 0 Å². The van der Waals surface area contributed by atoms with Crippen molar-refractivity contribution in [2.45, 2.75) is 0 Å². The Morgan fingerprint density at radius 2 is 2.14 bits per heavy atom. The molecule has 0 amide bonds. The first kappa shape index (κ1) is 10.6. The first-order valence-corrected chi connectivity index (χ1v) is 2.03. The zero-order chi connectivity index (χ0) is 4.99. The van der Waals surface area contributed by atoms with Crippen LogP contribution in [0.5, 0.6) is 0 Å². The third kappa shape index (κ3) is 10.8. The van der Waals surface area contributed by atoms with Crippen molar-refractivity contribution < 1.29 is 47.1 Å². The van der Waals surface area contributed by atoms with Gasteiger partial charge in [-0.3, -0.25) is 0 Å². The van der Waals surface area contributed by atoms with Gasteiger partial charge in [0.05, 0.1) is 0 Å². The van der Waals surface area contributed by atoms with Gasteiger partial charge >= 0.3 is 68.7 Å². The Labute approximate surface area is 68.4 Å². The monoisotopic (exact) mass is 126 g/mol. The fourth-order valence-corrected chi connectivity index (χ4v) is 0.118. The van der Waals surface area contributed by atoms with Crippen LogP contribution in [0.2, 0.25) is 0 Å². The summed E-state index contributed by atoms with van der Waals surface area (Å²) in [7, 11) is 0. The molecule has 0 aliphatic heterocycles. The Morgan fingerprint density at radius 3 is 2.14 bits per heavy atom. The van der Waals surface area contributed by atoms with E-state index in [4.69, 9.17) is 9.90 Å². The molecule has 0 bridgehead atoms. The zero-order valence-electron chi connectivity index (χ0n) is 3.71. The molecule has 0 atom stereocenters. The number of carbonyl (C=O) groups excluding carboxylic acids is 1. The third-order valence-corrected chi connectivity index (χ3v) is 0.433. The molecule has 32 valence electrons. The van der Waals surface area contributed by atoms with Crippen molar-refractivity contribution >= 4 is 21.6 Å².